The summed E-state index contributed by atoms with van der Waals surface area (Å²) in [6.45, 7) is 2.63. The van der Waals surface area contributed by atoms with Gasteiger partial charge in [-0.2, -0.15) is 0 Å². The highest BCUT2D eigenvalue weighted by atomic mass is 35.5. The summed E-state index contributed by atoms with van der Waals surface area (Å²) in [6, 6.07) is 5.16. The number of nitrogens with one attached hydrogen (secondary N) is 2. The van der Waals surface area contributed by atoms with Crippen molar-refractivity contribution in [2.24, 2.45) is 0 Å². The average molecular weight is 316 g/mol. The van der Waals surface area contributed by atoms with E-state index in [9.17, 15) is 4.39 Å². The minimum Gasteiger partial charge on any atom is -0.317 e. The highest BCUT2D eigenvalue weighted by molar-refractivity contribution is 6.30. The van der Waals surface area contributed by atoms with Crippen LogP contribution in [0, 0.1) is 5.82 Å². The van der Waals surface area contributed by atoms with Crippen LogP contribution < -0.4 is 10.6 Å². The summed E-state index contributed by atoms with van der Waals surface area (Å²) in [4.78, 5) is 0. The molecule has 2 rings (SSSR count). The van der Waals surface area contributed by atoms with Crippen LogP contribution in [0.4, 0.5) is 4.39 Å². The van der Waals surface area contributed by atoms with Gasteiger partial charge < -0.3 is 10.6 Å². The maximum absolute atomic E-state index is 13.4. The average Bonchev–Trinajstić information content (AvgIpc) is 2.32. The van der Waals surface area contributed by atoms with Crippen LogP contribution in [0.25, 0.3) is 0 Å². The van der Waals surface area contributed by atoms with E-state index < -0.39 is 0 Å². The first kappa shape index (κ1) is 17.9. The van der Waals surface area contributed by atoms with Crippen LogP contribution >= 0.6 is 36.4 Å². The smallest absolute Gasteiger partial charge is 0.127 e. The van der Waals surface area contributed by atoms with Gasteiger partial charge in [-0.05, 0) is 44.1 Å². The molecule has 18 heavy (non-hydrogen) atoms. The first-order chi connectivity index (χ1) is 7.75. The van der Waals surface area contributed by atoms with Crippen molar-refractivity contribution in [3.63, 3.8) is 0 Å². The monoisotopic (exact) mass is 314 g/mol. The maximum Gasteiger partial charge on any atom is 0.127 e. The molecule has 2 nitrogen and oxygen atoms in total. The Morgan fingerprint density at radius 1 is 1.28 bits per heavy atom. The lowest BCUT2D eigenvalue weighted by Crippen LogP contribution is -2.39. The van der Waals surface area contributed by atoms with Crippen LogP contribution in [0.2, 0.25) is 5.02 Å². The van der Waals surface area contributed by atoms with Gasteiger partial charge in [-0.15, -0.1) is 24.8 Å². The molecular weight excluding hydrogens is 298 g/mol. The topological polar surface area (TPSA) is 24.1 Å². The van der Waals surface area contributed by atoms with Crippen LogP contribution in [0.5, 0.6) is 0 Å². The molecule has 104 valence electrons. The standard InChI is InChI=1S/C12H16ClFN2.2ClH/c13-10-1-2-12(14)9(7-10)8-16-11-3-5-15-6-4-11;;/h1-2,7,11,15-16H,3-6,8H2;2*1H. The lowest BCUT2D eigenvalue weighted by molar-refractivity contribution is 0.384. The van der Waals surface area contributed by atoms with E-state index in [1.54, 1.807) is 12.1 Å². The molecule has 1 fully saturated rings. The van der Waals surface area contributed by atoms with Crippen LogP contribution in [0.1, 0.15) is 18.4 Å². The SMILES string of the molecule is Cl.Cl.Fc1ccc(Cl)cc1CNC1CCNCC1. The number of piperidine rings is 1. The molecule has 0 amide bonds. The van der Waals surface area contributed by atoms with Gasteiger partial charge >= 0.3 is 0 Å². The molecule has 0 atom stereocenters. The van der Waals surface area contributed by atoms with Crippen molar-refractivity contribution >= 4 is 36.4 Å². The van der Waals surface area contributed by atoms with Crippen molar-refractivity contribution in [1.82, 2.24) is 10.6 Å². The normalized spacial score (nSPS) is 15.7. The molecule has 0 aromatic heterocycles. The Kier molecular flexibility index (Phi) is 8.91. The molecule has 1 aliphatic rings. The number of hydrogen-bond acceptors (Lipinski definition) is 2. The largest absolute Gasteiger partial charge is 0.317 e. The van der Waals surface area contributed by atoms with Crippen molar-refractivity contribution in [2.75, 3.05) is 13.1 Å². The van der Waals surface area contributed by atoms with Crippen molar-refractivity contribution < 1.29 is 4.39 Å². The third-order valence-electron chi connectivity index (χ3n) is 2.93. The minimum atomic E-state index is -0.189. The van der Waals surface area contributed by atoms with E-state index in [0.29, 0.717) is 23.2 Å². The minimum absolute atomic E-state index is 0. The number of halogens is 4. The van der Waals surface area contributed by atoms with Gasteiger partial charge in [0.25, 0.3) is 0 Å². The first-order valence-electron chi connectivity index (χ1n) is 5.64. The fourth-order valence-corrected chi connectivity index (χ4v) is 2.15. The van der Waals surface area contributed by atoms with E-state index in [0.717, 1.165) is 25.9 Å². The second-order valence-electron chi connectivity index (χ2n) is 4.14. The van der Waals surface area contributed by atoms with Crippen molar-refractivity contribution in [2.45, 2.75) is 25.4 Å². The molecule has 1 aromatic carbocycles. The Balaban J connectivity index is 0.00000144. The van der Waals surface area contributed by atoms with E-state index in [1.807, 2.05) is 0 Å². The Hall–Kier alpha value is -0.0600. The van der Waals surface area contributed by atoms with Gasteiger partial charge in [0.2, 0.25) is 0 Å². The van der Waals surface area contributed by atoms with Crippen LogP contribution in [-0.2, 0) is 6.54 Å². The van der Waals surface area contributed by atoms with Gasteiger partial charge in [0.1, 0.15) is 5.82 Å². The van der Waals surface area contributed by atoms with Gasteiger partial charge in [0.15, 0.2) is 0 Å². The molecular formula is C12H18Cl3FN2. The van der Waals surface area contributed by atoms with Crippen LogP contribution in [0.15, 0.2) is 18.2 Å². The number of hydrogen-bond donors (Lipinski definition) is 2. The molecule has 1 aromatic rings. The fraction of sp³-hybridized carbons (Fsp3) is 0.500. The molecule has 0 radical (unpaired) electrons. The Labute approximate surface area is 124 Å². The third kappa shape index (κ3) is 5.29. The predicted molar refractivity (Wildman–Crippen MR) is 78.6 cm³/mol. The molecule has 1 saturated heterocycles. The summed E-state index contributed by atoms with van der Waals surface area (Å²) in [5.41, 5.74) is 0.644. The lowest BCUT2D eigenvalue weighted by atomic mass is 10.1. The van der Waals surface area contributed by atoms with Crippen LogP contribution in [0.3, 0.4) is 0 Å². The number of rotatable bonds is 3. The van der Waals surface area contributed by atoms with E-state index in [2.05, 4.69) is 10.6 Å². The Bertz CT molecular complexity index is 357. The first-order valence-corrected chi connectivity index (χ1v) is 6.01. The fourth-order valence-electron chi connectivity index (χ4n) is 1.96. The highest BCUT2D eigenvalue weighted by Gasteiger charge is 2.12. The summed E-state index contributed by atoms with van der Waals surface area (Å²) in [5, 5.41) is 7.25. The molecule has 0 unspecified atom stereocenters. The second-order valence-corrected chi connectivity index (χ2v) is 4.58. The van der Waals surface area contributed by atoms with E-state index in [1.165, 1.54) is 6.07 Å². The summed E-state index contributed by atoms with van der Waals surface area (Å²) in [6.07, 6.45) is 2.20. The quantitative estimate of drug-likeness (QED) is 0.895. The Morgan fingerprint density at radius 3 is 2.61 bits per heavy atom. The van der Waals surface area contributed by atoms with Gasteiger partial charge in [-0.1, -0.05) is 11.6 Å². The zero-order chi connectivity index (χ0) is 11.4. The van der Waals surface area contributed by atoms with Gasteiger partial charge in [0, 0.05) is 23.2 Å². The lowest BCUT2D eigenvalue weighted by Gasteiger charge is -2.23. The van der Waals surface area contributed by atoms with Crippen molar-refractivity contribution in [3.05, 3.63) is 34.6 Å². The van der Waals surface area contributed by atoms with Gasteiger partial charge in [0.05, 0.1) is 0 Å². The van der Waals surface area contributed by atoms with E-state index in [4.69, 9.17) is 11.6 Å². The van der Waals surface area contributed by atoms with Crippen LogP contribution in [-0.4, -0.2) is 19.1 Å². The molecule has 0 aliphatic carbocycles. The third-order valence-corrected chi connectivity index (χ3v) is 3.16. The molecule has 2 N–H and O–H groups in total. The zero-order valence-electron chi connectivity index (χ0n) is 9.92. The number of benzene rings is 1. The second kappa shape index (κ2) is 8.94. The molecule has 0 bridgehead atoms. The zero-order valence-corrected chi connectivity index (χ0v) is 12.3. The van der Waals surface area contributed by atoms with Crippen molar-refractivity contribution in [3.8, 4) is 0 Å². The summed E-state index contributed by atoms with van der Waals surface area (Å²) in [7, 11) is 0. The molecule has 1 aliphatic heterocycles. The Morgan fingerprint density at radius 2 is 1.94 bits per heavy atom. The molecule has 1 heterocycles. The van der Waals surface area contributed by atoms with E-state index in [-0.39, 0.29) is 30.6 Å². The summed E-state index contributed by atoms with van der Waals surface area (Å²) in [5.74, 6) is -0.189. The van der Waals surface area contributed by atoms with Crippen molar-refractivity contribution in [1.29, 1.82) is 0 Å². The molecule has 0 spiro atoms. The maximum atomic E-state index is 13.4. The highest BCUT2D eigenvalue weighted by Crippen LogP contribution is 2.15. The van der Waals surface area contributed by atoms with E-state index >= 15 is 0 Å². The summed E-state index contributed by atoms with van der Waals surface area (Å²) >= 11 is 5.83. The summed E-state index contributed by atoms with van der Waals surface area (Å²) < 4.78 is 13.4. The molecule has 6 heteroatoms. The van der Waals surface area contributed by atoms with Gasteiger partial charge in [-0.3, -0.25) is 0 Å². The molecule has 0 saturated carbocycles. The van der Waals surface area contributed by atoms with Gasteiger partial charge in [-0.25, -0.2) is 4.39 Å². The predicted octanol–water partition coefficient (Wildman–Crippen LogP) is 3.16.